The van der Waals surface area contributed by atoms with Crippen LogP contribution in [0.3, 0.4) is 0 Å². The lowest BCUT2D eigenvalue weighted by atomic mass is 10.1. The van der Waals surface area contributed by atoms with Gasteiger partial charge < -0.3 is 10.2 Å². The Bertz CT molecular complexity index is 358. The highest BCUT2D eigenvalue weighted by molar-refractivity contribution is 9.10. The van der Waals surface area contributed by atoms with Crippen LogP contribution >= 0.6 is 15.9 Å². The molecule has 0 atom stereocenters. The third-order valence-corrected chi connectivity index (χ3v) is 3.76. The van der Waals surface area contributed by atoms with E-state index in [1.165, 1.54) is 38.4 Å². The Kier molecular flexibility index (Phi) is 5.60. The monoisotopic (exact) mass is 314 g/mol. The molecule has 0 bridgehead atoms. The number of piperidine rings is 1. The quantitative estimate of drug-likeness (QED) is 0.840. The van der Waals surface area contributed by atoms with Crippen LogP contribution in [0, 0.1) is 5.82 Å². The lowest BCUT2D eigenvalue weighted by Crippen LogP contribution is -2.35. The Labute approximate surface area is 117 Å². The fourth-order valence-electron chi connectivity index (χ4n) is 2.37. The zero-order chi connectivity index (χ0) is 12.8. The Morgan fingerprint density at radius 2 is 1.94 bits per heavy atom. The van der Waals surface area contributed by atoms with E-state index in [9.17, 15) is 4.39 Å². The van der Waals surface area contributed by atoms with Crippen LogP contribution in [0.4, 0.5) is 4.39 Å². The van der Waals surface area contributed by atoms with Crippen LogP contribution in [0.1, 0.15) is 24.8 Å². The van der Waals surface area contributed by atoms with E-state index in [1.807, 2.05) is 6.07 Å². The van der Waals surface area contributed by atoms with Gasteiger partial charge in [0.25, 0.3) is 0 Å². The van der Waals surface area contributed by atoms with Crippen LogP contribution in [0.25, 0.3) is 0 Å². The lowest BCUT2D eigenvalue weighted by Gasteiger charge is -2.26. The van der Waals surface area contributed by atoms with Crippen LogP contribution in [0.5, 0.6) is 0 Å². The summed E-state index contributed by atoms with van der Waals surface area (Å²) in [5.41, 5.74) is 0.987. The maximum absolute atomic E-state index is 13.2. The predicted molar refractivity (Wildman–Crippen MR) is 76.1 cm³/mol. The third kappa shape index (κ3) is 4.67. The van der Waals surface area contributed by atoms with Crippen molar-refractivity contribution in [3.05, 3.63) is 34.1 Å². The molecule has 100 valence electrons. The van der Waals surface area contributed by atoms with E-state index in [2.05, 4.69) is 26.1 Å². The average Bonchev–Trinajstić information content (AvgIpc) is 2.35. The highest BCUT2D eigenvalue weighted by atomic mass is 79.9. The van der Waals surface area contributed by atoms with Crippen LogP contribution in [0.15, 0.2) is 22.7 Å². The third-order valence-electron chi connectivity index (χ3n) is 3.30. The Balaban J connectivity index is 1.68. The van der Waals surface area contributed by atoms with Gasteiger partial charge in [0, 0.05) is 24.1 Å². The largest absolute Gasteiger partial charge is 0.311 e. The molecule has 1 aromatic rings. The zero-order valence-corrected chi connectivity index (χ0v) is 12.2. The van der Waals surface area contributed by atoms with Gasteiger partial charge in [0.2, 0.25) is 0 Å². The fraction of sp³-hybridized carbons (Fsp3) is 0.571. The molecule has 1 saturated heterocycles. The Hall–Kier alpha value is -0.450. The van der Waals surface area contributed by atoms with Gasteiger partial charge in [-0.1, -0.05) is 22.4 Å². The Morgan fingerprint density at radius 1 is 1.17 bits per heavy atom. The maximum Gasteiger partial charge on any atom is 0.124 e. The number of nitrogens with one attached hydrogen (secondary N) is 1. The van der Waals surface area contributed by atoms with E-state index < -0.39 is 0 Å². The van der Waals surface area contributed by atoms with E-state index in [0.29, 0.717) is 0 Å². The SMILES string of the molecule is Fc1cc(Br)cc(CNCCN2CCCCC2)c1. The second-order valence-corrected chi connectivity index (χ2v) is 5.77. The smallest absolute Gasteiger partial charge is 0.124 e. The standard InChI is InChI=1S/C14H20BrFN2/c15-13-8-12(9-14(16)10-13)11-17-4-7-18-5-2-1-3-6-18/h8-10,17H,1-7,11H2. The molecule has 1 N–H and O–H groups in total. The maximum atomic E-state index is 13.2. The average molecular weight is 315 g/mol. The number of likely N-dealkylation sites (tertiary alicyclic amines) is 1. The molecular formula is C14H20BrFN2. The minimum Gasteiger partial charge on any atom is -0.311 e. The number of hydrogen-bond acceptors (Lipinski definition) is 2. The summed E-state index contributed by atoms with van der Waals surface area (Å²) in [6.45, 7) is 5.25. The molecule has 0 saturated carbocycles. The second-order valence-electron chi connectivity index (χ2n) is 4.86. The van der Waals surface area contributed by atoms with Crippen LogP contribution in [-0.2, 0) is 6.54 Å². The molecule has 0 aromatic heterocycles. The van der Waals surface area contributed by atoms with E-state index >= 15 is 0 Å². The van der Waals surface area contributed by atoms with E-state index in [4.69, 9.17) is 0 Å². The van der Waals surface area contributed by atoms with Crippen molar-refractivity contribution in [3.63, 3.8) is 0 Å². The Morgan fingerprint density at radius 3 is 2.67 bits per heavy atom. The summed E-state index contributed by atoms with van der Waals surface area (Å²) < 4.78 is 14.0. The molecule has 1 heterocycles. The summed E-state index contributed by atoms with van der Waals surface area (Å²) in [6, 6.07) is 5.02. The predicted octanol–water partition coefficient (Wildman–Crippen LogP) is 3.16. The van der Waals surface area contributed by atoms with Gasteiger partial charge >= 0.3 is 0 Å². The van der Waals surface area contributed by atoms with Crippen molar-refractivity contribution in [1.82, 2.24) is 10.2 Å². The van der Waals surface area contributed by atoms with E-state index in [1.54, 1.807) is 6.07 Å². The van der Waals surface area contributed by atoms with Gasteiger partial charge in [0.1, 0.15) is 5.82 Å². The first kappa shape index (κ1) is 14.0. The van der Waals surface area contributed by atoms with Crippen molar-refractivity contribution in [2.45, 2.75) is 25.8 Å². The fourth-order valence-corrected chi connectivity index (χ4v) is 2.88. The lowest BCUT2D eigenvalue weighted by molar-refractivity contribution is 0.229. The first-order valence-corrected chi connectivity index (χ1v) is 7.41. The summed E-state index contributed by atoms with van der Waals surface area (Å²) in [5.74, 6) is -0.183. The van der Waals surface area contributed by atoms with Gasteiger partial charge in [-0.2, -0.15) is 0 Å². The summed E-state index contributed by atoms with van der Waals surface area (Å²) in [6.07, 6.45) is 4.04. The first-order chi connectivity index (χ1) is 8.74. The second kappa shape index (κ2) is 7.22. The van der Waals surface area contributed by atoms with Crippen molar-refractivity contribution < 1.29 is 4.39 Å². The minimum absolute atomic E-state index is 0.183. The molecule has 0 radical (unpaired) electrons. The number of hydrogen-bond donors (Lipinski definition) is 1. The van der Waals surface area contributed by atoms with Crippen molar-refractivity contribution in [2.24, 2.45) is 0 Å². The number of rotatable bonds is 5. The highest BCUT2D eigenvalue weighted by Crippen LogP contribution is 2.14. The molecule has 18 heavy (non-hydrogen) atoms. The van der Waals surface area contributed by atoms with Crippen molar-refractivity contribution in [3.8, 4) is 0 Å². The van der Waals surface area contributed by atoms with Crippen molar-refractivity contribution >= 4 is 15.9 Å². The molecule has 1 aliphatic rings. The molecule has 0 aliphatic carbocycles. The summed E-state index contributed by atoms with van der Waals surface area (Å²) in [4.78, 5) is 2.50. The van der Waals surface area contributed by atoms with Gasteiger partial charge in [0.05, 0.1) is 0 Å². The molecule has 0 unspecified atom stereocenters. The minimum atomic E-state index is -0.183. The summed E-state index contributed by atoms with van der Waals surface area (Å²) in [7, 11) is 0. The van der Waals surface area contributed by atoms with Gasteiger partial charge in [-0.25, -0.2) is 4.39 Å². The van der Waals surface area contributed by atoms with Gasteiger partial charge in [-0.3, -0.25) is 0 Å². The molecule has 1 aliphatic heterocycles. The molecule has 4 heteroatoms. The van der Waals surface area contributed by atoms with Gasteiger partial charge in [0.15, 0.2) is 0 Å². The van der Waals surface area contributed by atoms with Crippen LogP contribution < -0.4 is 5.32 Å². The number of halogens is 2. The van der Waals surface area contributed by atoms with E-state index in [-0.39, 0.29) is 5.82 Å². The highest BCUT2D eigenvalue weighted by Gasteiger charge is 2.08. The normalized spacial score (nSPS) is 17.0. The topological polar surface area (TPSA) is 15.3 Å². The van der Waals surface area contributed by atoms with Gasteiger partial charge in [-0.05, 0) is 49.7 Å². The summed E-state index contributed by atoms with van der Waals surface area (Å²) >= 11 is 3.31. The van der Waals surface area contributed by atoms with Crippen LogP contribution in [-0.4, -0.2) is 31.1 Å². The first-order valence-electron chi connectivity index (χ1n) is 6.62. The number of benzene rings is 1. The van der Waals surface area contributed by atoms with Crippen molar-refractivity contribution in [2.75, 3.05) is 26.2 Å². The van der Waals surface area contributed by atoms with Gasteiger partial charge in [-0.15, -0.1) is 0 Å². The van der Waals surface area contributed by atoms with E-state index in [0.717, 1.165) is 29.7 Å². The van der Waals surface area contributed by atoms with Crippen LogP contribution in [0.2, 0.25) is 0 Å². The summed E-state index contributed by atoms with van der Waals surface area (Å²) in [5, 5.41) is 3.37. The molecule has 1 aromatic carbocycles. The molecule has 2 nitrogen and oxygen atoms in total. The number of nitrogens with zero attached hydrogens (tertiary/aromatic N) is 1. The molecule has 0 amide bonds. The molecule has 0 spiro atoms. The molecule has 1 fully saturated rings. The molecule has 2 rings (SSSR count). The van der Waals surface area contributed by atoms with Crippen molar-refractivity contribution in [1.29, 1.82) is 0 Å². The zero-order valence-electron chi connectivity index (χ0n) is 10.6. The molecular weight excluding hydrogens is 295 g/mol.